The zero-order valence-corrected chi connectivity index (χ0v) is 23.2. The van der Waals surface area contributed by atoms with E-state index in [1.165, 1.54) is 53.4 Å². The van der Waals surface area contributed by atoms with E-state index in [4.69, 9.17) is 11.6 Å². The summed E-state index contributed by atoms with van der Waals surface area (Å²) < 4.78 is 42.0. The van der Waals surface area contributed by atoms with E-state index in [0.29, 0.717) is 10.6 Å². The van der Waals surface area contributed by atoms with E-state index in [0.717, 1.165) is 30.0 Å². The van der Waals surface area contributed by atoms with E-state index in [-0.39, 0.29) is 29.1 Å². The number of carbonyl (C=O) groups is 2. The van der Waals surface area contributed by atoms with Crippen molar-refractivity contribution in [3.8, 4) is 0 Å². The van der Waals surface area contributed by atoms with Gasteiger partial charge in [0.1, 0.15) is 18.4 Å². The van der Waals surface area contributed by atoms with E-state index in [2.05, 4.69) is 5.32 Å². The van der Waals surface area contributed by atoms with Crippen LogP contribution in [0, 0.1) is 5.82 Å². The predicted octanol–water partition coefficient (Wildman–Crippen LogP) is 5.15. The highest BCUT2D eigenvalue weighted by Gasteiger charge is 2.33. The second-order valence-corrected chi connectivity index (χ2v) is 11.9. The lowest BCUT2D eigenvalue weighted by molar-refractivity contribution is -0.139. The van der Waals surface area contributed by atoms with Crippen LogP contribution in [0.5, 0.6) is 0 Å². The van der Waals surface area contributed by atoms with E-state index < -0.39 is 34.3 Å². The normalized spacial score (nSPS) is 14.5. The highest BCUT2D eigenvalue weighted by Crippen LogP contribution is 2.26. The summed E-state index contributed by atoms with van der Waals surface area (Å²) in [5.41, 5.74) is 0.857. The van der Waals surface area contributed by atoms with E-state index in [1.54, 1.807) is 37.3 Å². The molecule has 0 heterocycles. The van der Waals surface area contributed by atoms with Gasteiger partial charge in [-0.15, -0.1) is 0 Å². The molecule has 206 valence electrons. The van der Waals surface area contributed by atoms with Gasteiger partial charge in [-0.2, -0.15) is 0 Å². The Bertz CT molecular complexity index is 1380. The lowest BCUT2D eigenvalue weighted by atomic mass is 10.1. The van der Waals surface area contributed by atoms with Crippen molar-refractivity contribution in [1.82, 2.24) is 10.2 Å². The fraction of sp³-hybridized carbons (Fsp3) is 0.310. The number of amides is 2. The van der Waals surface area contributed by atoms with Gasteiger partial charge in [-0.25, -0.2) is 12.8 Å². The van der Waals surface area contributed by atoms with Crippen molar-refractivity contribution in [1.29, 1.82) is 0 Å². The third-order valence-corrected chi connectivity index (χ3v) is 8.90. The van der Waals surface area contributed by atoms with Crippen LogP contribution in [-0.4, -0.2) is 43.8 Å². The summed E-state index contributed by atoms with van der Waals surface area (Å²) in [6.45, 7) is 1.06. The van der Waals surface area contributed by atoms with Gasteiger partial charge in [-0.3, -0.25) is 13.9 Å². The highest BCUT2D eigenvalue weighted by molar-refractivity contribution is 7.92. The minimum atomic E-state index is -4.15. The van der Waals surface area contributed by atoms with E-state index >= 15 is 0 Å². The van der Waals surface area contributed by atoms with Crippen molar-refractivity contribution in [3.63, 3.8) is 0 Å². The molecule has 3 aromatic rings. The van der Waals surface area contributed by atoms with Gasteiger partial charge in [-0.1, -0.05) is 54.8 Å². The summed E-state index contributed by atoms with van der Waals surface area (Å²) in [5, 5.41) is 3.43. The molecule has 2 amide bonds. The van der Waals surface area contributed by atoms with Gasteiger partial charge in [0.05, 0.1) is 10.6 Å². The fourth-order valence-electron chi connectivity index (χ4n) is 4.62. The maximum atomic E-state index is 13.9. The van der Waals surface area contributed by atoms with Gasteiger partial charge in [-0.05, 0) is 73.9 Å². The van der Waals surface area contributed by atoms with Crippen LogP contribution >= 0.6 is 11.6 Å². The fourth-order valence-corrected chi connectivity index (χ4v) is 6.18. The maximum Gasteiger partial charge on any atom is 0.264 e. The van der Waals surface area contributed by atoms with Crippen LogP contribution in [-0.2, 0) is 26.2 Å². The van der Waals surface area contributed by atoms with Gasteiger partial charge in [0.25, 0.3) is 10.0 Å². The highest BCUT2D eigenvalue weighted by atomic mass is 35.5. The minimum absolute atomic E-state index is 0.00178. The molecule has 1 aliphatic carbocycles. The number of sulfonamides is 1. The third-order valence-electron chi connectivity index (χ3n) is 6.86. The number of rotatable bonds is 10. The van der Waals surface area contributed by atoms with E-state index in [9.17, 15) is 22.4 Å². The Morgan fingerprint density at radius 3 is 2.21 bits per heavy atom. The number of hydrogen-bond acceptors (Lipinski definition) is 4. The van der Waals surface area contributed by atoms with Crippen LogP contribution in [0.15, 0.2) is 83.8 Å². The van der Waals surface area contributed by atoms with Gasteiger partial charge in [0.2, 0.25) is 11.8 Å². The lowest BCUT2D eigenvalue weighted by Crippen LogP contribution is -2.52. The molecule has 0 spiro atoms. The van der Waals surface area contributed by atoms with Gasteiger partial charge in [0, 0.05) is 17.6 Å². The molecule has 1 aliphatic rings. The average Bonchev–Trinajstić information content (AvgIpc) is 3.45. The van der Waals surface area contributed by atoms with Crippen LogP contribution in [0.3, 0.4) is 0 Å². The Morgan fingerprint density at radius 1 is 0.974 bits per heavy atom. The average molecular weight is 572 g/mol. The second kappa shape index (κ2) is 12.6. The maximum absolute atomic E-state index is 13.9. The summed E-state index contributed by atoms with van der Waals surface area (Å²) in [5.74, 6) is -1.32. The first kappa shape index (κ1) is 28.6. The first-order valence-corrected chi connectivity index (χ1v) is 14.6. The molecule has 0 aliphatic heterocycles. The molecule has 0 bridgehead atoms. The molecule has 3 aromatic carbocycles. The van der Waals surface area contributed by atoms with Crippen LogP contribution in [0.4, 0.5) is 10.1 Å². The third kappa shape index (κ3) is 7.16. The van der Waals surface area contributed by atoms with Crippen LogP contribution in [0.1, 0.15) is 38.2 Å². The Labute approximate surface area is 233 Å². The smallest absolute Gasteiger partial charge is 0.264 e. The molecule has 7 nitrogen and oxygen atoms in total. The molecule has 1 atom stereocenters. The Hall–Kier alpha value is -3.43. The molecule has 1 fully saturated rings. The number of halogens is 2. The molecular formula is C29H31ClFN3O4S. The summed E-state index contributed by atoms with van der Waals surface area (Å²) in [6.07, 6.45) is 3.82. The van der Waals surface area contributed by atoms with Crippen LogP contribution in [0.25, 0.3) is 0 Å². The molecule has 39 heavy (non-hydrogen) atoms. The first-order chi connectivity index (χ1) is 18.6. The number of carbonyl (C=O) groups excluding carboxylic acids is 2. The van der Waals surface area contributed by atoms with Gasteiger partial charge < -0.3 is 10.2 Å². The monoisotopic (exact) mass is 571 g/mol. The van der Waals surface area contributed by atoms with E-state index in [1.807, 2.05) is 0 Å². The molecule has 0 saturated heterocycles. The molecule has 0 radical (unpaired) electrons. The first-order valence-electron chi connectivity index (χ1n) is 12.8. The Kier molecular flexibility index (Phi) is 9.24. The zero-order valence-electron chi connectivity index (χ0n) is 21.6. The summed E-state index contributed by atoms with van der Waals surface area (Å²) >= 11 is 6.04. The summed E-state index contributed by atoms with van der Waals surface area (Å²) in [7, 11) is -4.15. The van der Waals surface area contributed by atoms with Crippen LogP contribution in [0.2, 0.25) is 5.02 Å². The largest absolute Gasteiger partial charge is 0.352 e. The summed E-state index contributed by atoms with van der Waals surface area (Å²) in [6, 6.07) is 18.7. The van der Waals surface area contributed by atoms with Gasteiger partial charge >= 0.3 is 0 Å². The minimum Gasteiger partial charge on any atom is -0.352 e. The molecule has 0 unspecified atom stereocenters. The predicted molar refractivity (Wildman–Crippen MR) is 149 cm³/mol. The lowest BCUT2D eigenvalue weighted by Gasteiger charge is -2.32. The number of nitrogens with one attached hydrogen (secondary N) is 1. The molecule has 1 saturated carbocycles. The van der Waals surface area contributed by atoms with Crippen molar-refractivity contribution in [2.24, 2.45) is 0 Å². The number of benzene rings is 3. The molecule has 10 heteroatoms. The number of nitrogens with zero attached hydrogens (tertiary/aromatic N) is 2. The van der Waals surface area contributed by atoms with Crippen molar-refractivity contribution < 1.29 is 22.4 Å². The molecule has 4 rings (SSSR count). The number of hydrogen-bond donors (Lipinski definition) is 1. The van der Waals surface area contributed by atoms with Gasteiger partial charge in [0.15, 0.2) is 0 Å². The Morgan fingerprint density at radius 2 is 1.59 bits per heavy atom. The molecular weight excluding hydrogens is 541 g/mol. The second-order valence-electron chi connectivity index (χ2n) is 9.62. The standard InChI is InChI=1S/C29H31ClFN3O4S/c1-21(29(36)32-25-7-5-6-8-25)33(19-22-11-15-24(31)16-12-22)28(35)20-34(26-17-13-23(30)14-18-26)39(37,38)27-9-3-2-4-10-27/h2-4,9-18,21,25H,5-8,19-20H2,1H3,(H,32,36)/t21-/m0/s1. The van der Waals surface area contributed by atoms with Crippen LogP contribution < -0.4 is 9.62 Å². The zero-order chi connectivity index (χ0) is 28.0. The van der Waals surface area contributed by atoms with Crippen molar-refractivity contribution in [2.75, 3.05) is 10.8 Å². The number of anilines is 1. The van der Waals surface area contributed by atoms with Crippen molar-refractivity contribution in [2.45, 2.75) is 56.1 Å². The SMILES string of the molecule is C[C@@H](C(=O)NC1CCCC1)N(Cc1ccc(F)cc1)C(=O)CN(c1ccc(Cl)cc1)S(=O)(=O)c1ccccc1. The van der Waals surface area contributed by atoms with Crippen molar-refractivity contribution in [3.05, 3.63) is 95.3 Å². The Balaban J connectivity index is 1.66. The molecule has 1 N–H and O–H groups in total. The topological polar surface area (TPSA) is 86.8 Å². The van der Waals surface area contributed by atoms with Crippen molar-refractivity contribution >= 4 is 39.1 Å². The quantitative estimate of drug-likeness (QED) is 0.365. The summed E-state index contributed by atoms with van der Waals surface area (Å²) in [4.78, 5) is 28.4. The molecule has 0 aromatic heterocycles.